The van der Waals surface area contributed by atoms with Gasteiger partial charge in [-0.2, -0.15) is 0 Å². The SMILES string of the molecule is ON=C1CCN(C2CCCCC2)CC1. The Kier molecular flexibility index (Phi) is 3.40. The molecule has 0 bridgehead atoms. The van der Waals surface area contributed by atoms with Gasteiger partial charge in [0.15, 0.2) is 0 Å². The smallest absolute Gasteiger partial charge is 0.0596 e. The van der Waals surface area contributed by atoms with Gasteiger partial charge in [-0.25, -0.2) is 0 Å². The predicted molar refractivity (Wildman–Crippen MR) is 56.9 cm³/mol. The van der Waals surface area contributed by atoms with Crippen molar-refractivity contribution in [2.45, 2.75) is 51.0 Å². The van der Waals surface area contributed by atoms with Crippen LogP contribution in [0.1, 0.15) is 44.9 Å². The van der Waals surface area contributed by atoms with E-state index in [-0.39, 0.29) is 0 Å². The topological polar surface area (TPSA) is 35.8 Å². The zero-order valence-electron chi connectivity index (χ0n) is 8.78. The Labute approximate surface area is 85.8 Å². The van der Waals surface area contributed by atoms with Gasteiger partial charge in [0.2, 0.25) is 0 Å². The van der Waals surface area contributed by atoms with Gasteiger partial charge in [-0.3, -0.25) is 4.90 Å². The Bertz CT molecular complexity index is 199. The van der Waals surface area contributed by atoms with Crippen molar-refractivity contribution in [3.05, 3.63) is 0 Å². The molecule has 0 atom stereocenters. The minimum absolute atomic E-state index is 0.823. The summed E-state index contributed by atoms with van der Waals surface area (Å²) in [5, 5.41) is 12.0. The number of likely N-dealkylation sites (tertiary alicyclic amines) is 1. The molecule has 0 amide bonds. The van der Waals surface area contributed by atoms with Crippen LogP contribution in [0.25, 0.3) is 0 Å². The average molecular weight is 196 g/mol. The highest BCUT2D eigenvalue weighted by Crippen LogP contribution is 2.24. The van der Waals surface area contributed by atoms with E-state index in [2.05, 4.69) is 10.1 Å². The van der Waals surface area contributed by atoms with Crippen LogP contribution in [-0.4, -0.2) is 35.0 Å². The zero-order chi connectivity index (χ0) is 9.80. The van der Waals surface area contributed by atoms with E-state index in [4.69, 9.17) is 5.21 Å². The van der Waals surface area contributed by atoms with Gasteiger partial charge in [0, 0.05) is 32.0 Å². The molecule has 2 rings (SSSR count). The van der Waals surface area contributed by atoms with E-state index >= 15 is 0 Å². The third kappa shape index (κ3) is 2.27. The molecular formula is C11H20N2O. The first kappa shape index (κ1) is 9.97. The van der Waals surface area contributed by atoms with E-state index in [1.165, 1.54) is 32.1 Å². The molecule has 0 aromatic carbocycles. The molecule has 0 aromatic rings. The summed E-state index contributed by atoms with van der Waals surface area (Å²) in [5.74, 6) is 0. The minimum Gasteiger partial charge on any atom is -0.411 e. The molecule has 1 aliphatic carbocycles. The molecule has 1 saturated carbocycles. The lowest BCUT2D eigenvalue weighted by Gasteiger charge is -2.36. The lowest BCUT2D eigenvalue weighted by Crippen LogP contribution is -2.42. The van der Waals surface area contributed by atoms with Crippen LogP contribution in [0.4, 0.5) is 0 Å². The predicted octanol–water partition coefficient (Wildman–Crippen LogP) is 2.25. The summed E-state index contributed by atoms with van der Waals surface area (Å²) in [7, 11) is 0. The van der Waals surface area contributed by atoms with Crippen molar-refractivity contribution in [1.82, 2.24) is 4.90 Å². The summed E-state index contributed by atoms with van der Waals surface area (Å²) in [6.45, 7) is 2.20. The van der Waals surface area contributed by atoms with E-state index < -0.39 is 0 Å². The molecule has 1 aliphatic heterocycles. The fourth-order valence-corrected chi connectivity index (χ4v) is 2.69. The average Bonchev–Trinajstić information content (AvgIpc) is 2.30. The van der Waals surface area contributed by atoms with E-state index in [1.54, 1.807) is 0 Å². The van der Waals surface area contributed by atoms with Crippen LogP contribution in [0.2, 0.25) is 0 Å². The second-order valence-corrected chi connectivity index (χ2v) is 4.49. The molecule has 80 valence electrons. The van der Waals surface area contributed by atoms with Crippen molar-refractivity contribution in [3.63, 3.8) is 0 Å². The molecule has 3 heteroatoms. The quantitative estimate of drug-likeness (QED) is 0.515. The summed E-state index contributed by atoms with van der Waals surface area (Å²) in [6, 6.07) is 0.823. The Morgan fingerprint density at radius 2 is 1.71 bits per heavy atom. The highest BCUT2D eigenvalue weighted by Gasteiger charge is 2.24. The van der Waals surface area contributed by atoms with Crippen molar-refractivity contribution in [2.24, 2.45) is 5.16 Å². The molecule has 0 radical (unpaired) electrons. The molecule has 2 aliphatic rings. The summed E-state index contributed by atoms with van der Waals surface area (Å²) >= 11 is 0. The number of hydrogen-bond donors (Lipinski definition) is 1. The fourth-order valence-electron chi connectivity index (χ4n) is 2.69. The standard InChI is InChI=1S/C11H20N2O/c14-12-10-6-8-13(9-7-10)11-4-2-1-3-5-11/h11,14H,1-9H2. The summed E-state index contributed by atoms with van der Waals surface area (Å²) in [5.41, 5.74) is 0.983. The lowest BCUT2D eigenvalue weighted by atomic mass is 9.92. The van der Waals surface area contributed by atoms with Gasteiger partial charge in [-0.15, -0.1) is 0 Å². The Morgan fingerprint density at radius 1 is 1.07 bits per heavy atom. The number of hydrogen-bond acceptors (Lipinski definition) is 3. The van der Waals surface area contributed by atoms with Crippen molar-refractivity contribution in [3.8, 4) is 0 Å². The van der Waals surface area contributed by atoms with Crippen molar-refractivity contribution in [1.29, 1.82) is 0 Å². The molecular weight excluding hydrogens is 176 g/mol. The maximum atomic E-state index is 8.66. The second-order valence-electron chi connectivity index (χ2n) is 4.49. The van der Waals surface area contributed by atoms with Crippen LogP contribution in [0.15, 0.2) is 5.16 Å². The molecule has 0 unspecified atom stereocenters. The van der Waals surface area contributed by atoms with Crippen LogP contribution >= 0.6 is 0 Å². The molecule has 1 N–H and O–H groups in total. The molecule has 2 fully saturated rings. The molecule has 14 heavy (non-hydrogen) atoms. The summed E-state index contributed by atoms with van der Waals surface area (Å²) in [6.07, 6.45) is 8.93. The van der Waals surface area contributed by atoms with Gasteiger partial charge in [-0.1, -0.05) is 24.4 Å². The van der Waals surface area contributed by atoms with Crippen LogP contribution in [0, 0.1) is 0 Å². The van der Waals surface area contributed by atoms with Crippen LogP contribution in [0.3, 0.4) is 0 Å². The van der Waals surface area contributed by atoms with Gasteiger partial charge in [0.05, 0.1) is 5.71 Å². The highest BCUT2D eigenvalue weighted by atomic mass is 16.4. The second kappa shape index (κ2) is 4.78. The lowest BCUT2D eigenvalue weighted by molar-refractivity contribution is 0.154. The van der Waals surface area contributed by atoms with Crippen molar-refractivity contribution >= 4 is 5.71 Å². The van der Waals surface area contributed by atoms with Crippen molar-refractivity contribution < 1.29 is 5.21 Å². The third-order valence-corrected chi connectivity index (χ3v) is 3.61. The van der Waals surface area contributed by atoms with Crippen LogP contribution in [0.5, 0.6) is 0 Å². The van der Waals surface area contributed by atoms with Crippen molar-refractivity contribution in [2.75, 3.05) is 13.1 Å². The van der Waals surface area contributed by atoms with Crippen LogP contribution in [-0.2, 0) is 0 Å². The fraction of sp³-hybridized carbons (Fsp3) is 0.909. The van der Waals surface area contributed by atoms with E-state index in [0.717, 1.165) is 37.7 Å². The van der Waals surface area contributed by atoms with E-state index in [9.17, 15) is 0 Å². The number of oxime groups is 1. The maximum Gasteiger partial charge on any atom is 0.0596 e. The van der Waals surface area contributed by atoms with Gasteiger partial charge >= 0.3 is 0 Å². The first-order valence-corrected chi connectivity index (χ1v) is 5.84. The van der Waals surface area contributed by atoms with Gasteiger partial charge in [-0.05, 0) is 12.8 Å². The van der Waals surface area contributed by atoms with Gasteiger partial charge in [0.1, 0.15) is 0 Å². The minimum atomic E-state index is 0.823. The Morgan fingerprint density at radius 3 is 2.29 bits per heavy atom. The maximum absolute atomic E-state index is 8.66. The Balaban J connectivity index is 1.82. The Hall–Kier alpha value is -0.570. The third-order valence-electron chi connectivity index (χ3n) is 3.61. The molecule has 1 saturated heterocycles. The molecule has 1 heterocycles. The molecule has 0 spiro atoms. The van der Waals surface area contributed by atoms with Gasteiger partial charge < -0.3 is 5.21 Å². The summed E-state index contributed by atoms with van der Waals surface area (Å²) in [4.78, 5) is 2.59. The monoisotopic (exact) mass is 196 g/mol. The summed E-state index contributed by atoms with van der Waals surface area (Å²) < 4.78 is 0. The van der Waals surface area contributed by atoms with Crippen LogP contribution < -0.4 is 0 Å². The van der Waals surface area contributed by atoms with E-state index in [0.29, 0.717) is 0 Å². The number of nitrogens with zero attached hydrogens (tertiary/aromatic N) is 2. The number of rotatable bonds is 1. The normalized spacial score (nSPS) is 26.4. The zero-order valence-corrected chi connectivity index (χ0v) is 8.78. The largest absolute Gasteiger partial charge is 0.411 e. The highest BCUT2D eigenvalue weighted by molar-refractivity contribution is 5.84. The molecule has 0 aromatic heterocycles. The first-order valence-electron chi connectivity index (χ1n) is 5.84. The molecule has 3 nitrogen and oxygen atoms in total. The first-order chi connectivity index (χ1) is 6.90. The van der Waals surface area contributed by atoms with E-state index in [1.807, 2.05) is 0 Å². The number of piperidine rings is 1. The van der Waals surface area contributed by atoms with Gasteiger partial charge in [0.25, 0.3) is 0 Å².